The number of amides is 5. The number of benzene rings is 1. The van der Waals surface area contributed by atoms with Crippen molar-refractivity contribution in [2.45, 2.75) is 156 Å². The zero-order valence-electron chi connectivity index (χ0n) is 45.9. The molecule has 4 heterocycles. The molecule has 0 saturated carbocycles. The first-order valence-electron chi connectivity index (χ1n) is 24.4. The highest BCUT2D eigenvalue weighted by Crippen LogP contribution is 2.33. The van der Waals surface area contributed by atoms with Crippen LogP contribution in [0.5, 0.6) is 5.75 Å². The summed E-state index contributed by atoms with van der Waals surface area (Å²) < 4.78 is 57.3. The third-order valence-electron chi connectivity index (χ3n) is 10.4. The topological polar surface area (TPSA) is 337 Å². The molecule has 2 fully saturated rings. The monoisotopic (exact) mass is 1140 g/mol. The van der Waals surface area contributed by atoms with Crippen LogP contribution < -0.4 is 25.4 Å². The van der Waals surface area contributed by atoms with Crippen LogP contribution in [0.3, 0.4) is 0 Å². The normalized spacial score (nSPS) is 16.9. The van der Waals surface area contributed by atoms with Crippen molar-refractivity contribution in [1.29, 1.82) is 0 Å². The number of thiazole rings is 1. The molecule has 5 N–H and O–H groups in total. The molecule has 28 nitrogen and oxygen atoms in total. The maximum atomic E-state index is 14.0. The number of likely N-dealkylation sites (tertiary alicyclic amines) is 1. The molecule has 2 saturated heterocycles. The van der Waals surface area contributed by atoms with Crippen LogP contribution in [0.25, 0.3) is 11.1 Å². The second kappa shape index (κ2) is 24.5. The molecule has 5 rings (SSSR count). The zero-order chi connectivity index (χ0) is 58.3. The largest absolute Gasteiger partial charge is 0.489 e. The lowest BCUT2D eigenvalue weighted by molar-refractivity contribution is -0.780. The van der Waals surface area contributed by atoms with E-state index in [0.29, 0.717) is 30.3 Å². The van der Waals surface area contributed by atoms with E-state index in [9.17, 15) is 46.8 Å². The van der Waals surface area contributed by atoms with Crippen molar-refractivity contribution >= 4 is 68.6 Å². The van der Waals surface area contributed by atoms with Crippen LogP contribution in [0.4, 0.5) is 19.5 Å². The molecule has 30 heteroatoms. The Morgan fingerprint density at radius 3 is 2.05 bits per heavy atom. The summed E-state index contributed by atoms with van der Waals surface area (Å²) in [6.07, 6.45) is -1.40. The fraction of sp³-hybridized carbons (Fsp3) is 0.604. The summed E-state index contributed by atoms with van der Waals surface area (Å²) in [7, 11) is -5.13. The summed E-state index contributed by atoms with van der Waals surface area (Å²) in [5.41, 5.74) is -4.27. The number of β-lactam (4-membered cyclic amide) rings is 1. The molecule has 2 aliphatic heterocycles. The molecule has 0 unspecified atom stereocenters. The fourth-order valence-electron chi connectivity index (χ4n) is 6.94. The number of ether oxygens (including phenoxy) is 3. The number of rotatable bonds is 21. The highest BCUT2D eigenvalue weighted by Gasteiger charge is 2.58. The number of nitrogens with zero attached hydrogens (tertiary/aromatic N) is 6. The van der Waals surface area contributed by atoms with Gasteiger partial charge in [0.25, 0.3) is 17.9 Å². The molecule has 5 amide bonds. The number of hydrogen-bond donors (Lipinski definition) is 5. The van der Waals surface area contributed by atoms with Crippen molar-refractivity contribution in [2.75, 3.05) is 31.6 Å². The lowest BCUT2D eigenvalue weighted by atomic mass is 9.84. The molecule has 3 aromatic rings. The zero-order valence-corrected chi connectivity index (χ0v) is 47.6. The summed E-state index contributed by atoms with van der Waals surface area (Å²) in [6, 6.07) is 5.27. The van der Waals surface area contributed by atoms with Gasteiger partial charge in [0.1, 0.15) is 52.6 Å². The van der Waals surface area contributed by atoms with E-state index < -0.39 is 105 Å². The maximum Gasteiger partial charge on any atom is 0.444 e. The van der Waals surface area contributed by atoms with E-state index in [1.165, 1.54) is 19.2 Å². The minimum atomic E-state index is -5.13. The van der Waals surface area contributed by atoms with Crippen LogP contribution in [0, 0.1) is 5.92 Å². The summed E-state index contributed by atoms with van der Waals surface area (Å²) in [4.78, 5) is 109. The number of esters is 1. The molecule has 0 spiro atoms. The van der Waals surface area contributed by atoms with Crippen LogP contribution in [0.2, 0.25) is 0 Å². The van der Waals surface area contributed by atoms with Gasteiger partial charge >= 0.3 is 34.6 Å². The number of aromatic nitrogens is 3. The van der Waals surface area contributed by atoms with E-state index >= 15 is 0 Å². The molecule has 0 bridgehead atoms. The first kappa shape index (κ1) is 62.1. The van der Waals surface area contributed by atoms with Gasteiger partial charge in [-0.2, -0.15) is 27.9 Å². The number of aliphatic hydroxyl groups is 1. The Morgan fingerprint density at radius 2 is 1.49 bits per heavy atom. The molecule has 432 valence electrons. The molecule has 3 atom stereocenters. The predicted molar refractivity (Wildman–Crippen MR) is 274 cm³/mol. The van der Waals surface area contributed by atoms with E-state index in [1.807, 2.05) is 17.1 Å². The molecule has 2 aromatic heterocycles. The van der Waals surface area contributed by atoms with Gasteiger partial charge in [0.05, 0.1) is 30.4 Å². The number of carbonyl (C=O) groups is 6. The summed E-state index contributed by atoms with van der Waals surface area (Å²) >= 11 is 0.822. The minimum Gasteiger partial charge on any atom is -0.489 e. The van der Waals surface area contributed by atoms with Crippen molar-refractivity contribution in [1.82, 2.24) is 30.3 Å². The van der Waals surface area contributed by atoms with Gasteiger partial charge in [-0.25, -0.2) is 24.2 Å². The third kappa shape index (κ3) is 19.0. The van der Waals surface area contributed by atoms with Crippen molar-refractivity contribution in [3.05, 3.63) is 47.7 Å². The maximum absolute atomic E-state index is 14.0. The van der Waals surface area contributed by atoms with Crippen molar-refractivity contribution in [3.8, 4) is 16.9 Å². The molecule has 0 aliphatic carbocycles. The quantitative estimate of drug-likeness (QED) is 0.0190. The van der Waals surface area contributed by atoms with Gasteiger partial charge in [-0.15, -0.1) is 20.3 Å². The number of carbonyl (C=O) groups excluding carboxylic acids is 6. The molecule has 2 aliphatic rings. The number of anilines is 1. The Kier molecular flexibility index (Phi) is 19.5. The number of nitrogens with one attached hydrogen (secondary N) is 3. The average molecular weight is 1140 g/mol. The van der Waals surface area contributed by atoms with Gasteiger partial charge in [0.2, 0.25) is 6.20 Å². The average Bonchev–Trinajstić information content (AvgIpc) is 3.91. The van der Waals surface area contributed by atoms with Crippen LogP contribution in [-0.2, 0) is 76.0 Å². The standard InChI is InChI=1S/C48H69N9O19S2/c1-44(2,3)69-39(61)34(71-53-35(33-27-77-40(50-33)52-42(63)73-75-47(10,11)12)37(59)51-36-38(60)57(48(36,13)14)76-78(65,66)67)26-68-32-17-15-29(16-18-32)30-23-55(22-28-20-54(21-28)43(64)70-45(4,5)6)56(24-30)25-31(58)19-49-41(62)72-74-46(7,8)9/h15-18,23-24,27-28,31,34,36,58H,19-22,25-26H2,1-14H3,(H3-,49,50,51,52,59,62,63,65,66,67)/p+1/b53-35-/t31-,34-,36+/m0/s1. The summed E-state index contributed by atoms with van der Waals surface area (Å²) in [6.45, 7) is 23.6. The Balaban J connectivity index is 1.36. The minimum absolute atomic E-state index is 0.0472. The molecule has 78 heavy (non-hydrogen) atoms. The molecular formula is C48H70N9O19S2+. The Bertz CT molecular complexity index is 2780. The van der Waals surface area contributed by atoms with Gasteiger partial charge in [-0.3, -0.25) is 29.2 Å². The van der Waals surface area contributed by atoms with E-state index in [4.69, 9.17) is 38.6 Å². The second-order valence-corrected chi connectivity index (χ2v) is 24.5. The van der Waals surface area contributed by atoms with Crippen LogP contribution in [0.1, 0.15) is 103 Å². The van der Waals surface area contributed by atoms with E-state index in [0.717, 1.165) is 16.9 Å². The van der Waals surface area contributed by atoms with Crippen LogP contribution in [-0.4, -0.2) is 152 Å². The van der Waals surface area contributed by atoms with Gasteiger partial charge in [0.15, 0.2) is 17.4 Å². The number of hydrogen-bond acceptors (Lipinski definition) is 21. The van der Waals surface area contributed by atoms with Gasteiger partial charge in [-0.05, 0) is 115 Å². The smallest absolute Gasteiger partial charge is 0.444 e. The highest BCUT2D eigenvalue weighted by molar-refractivity contribution is 7.80. The highest BCUT2D eigenvalue weighted by atomic mass is 32.3. The Hall–Kier alpha value is -6.70. The van der Waals surface area contributed by atoms with Gasteiger partial charge < -0.3 is 39.7 Å². The predicted octanol–water partition coefficient (Wildman–Crippen LogP) is 4.21. The number of aliphatic hydroxyl groups excluding tert-OH is 1. The number of hydroxylamine groups is 2. The van der Waals surface area contributed by atoms with E-state index in [2.05, 4.69) is 30.4 Å². The Labute approximate surface area is 455 Å². The first-order chi connectivity index (χ1) is 35.8. The fourth-order valence-corrected chi connectivity index (χ4v) is 8.08. The van der Waals surface area contributed by atoms with E-state index in [-0.39, 0.29) is 35.6 Å². The van der Waals surface area contributed by atoms with Crippen molar-refractivity contribution < 1.29 is 94.4 Å². The van der Waals surface area contributed by atoms with Crippen LogP contribution in [0.15, 0.2) is 47.2 Å². The SMILES string of the molecule is CC(C)(C)OOC(=O)NC[C@H](O)C[n+]1cc(-c2ccc(OC[C@H](O/N=C(\C(=O)N[C@@H]3C(=O)N(OS(=O)(=O)O)C3(C)C)c3csc(NC(=O)OOC(C)(C)C)n3)C(=O)OC(C)(C)C)cc2)cn1CC1CN(C(=O)OC(C)(C)C)C1. The second-order valence-electron chi connectivity index (χ2n) is 22.6. The number of oxime groups is 1. The first-order valence-corrected chi connectivity index (χ1v) is 26.6. The molecule has 0 radical (unpaired) electrons. The Morgan fingerprint density at radius 1 is 0.885 bits per heavy atom. The summed E-state index contributed by atoms with van der Waals surface area (Å²) in [5, 5.41) is 23.8. The van der Waals surface area contributed by atoms with E-state index in [1.54, 1.807) is 117 Å². The summed E-state index contributed by atoms with van der Waals surface area (Å²) in [5.74, 6) is -2.84. The van der Waals surface area contributed by atoms with Gasteiger partial charge in [0, 0.05) is 24.4 Å². The third-order valence-corrected chi connectivity index (χ3v) is 11.5. The molecule has 1 aromatic carbocycles. The van der Waals surface area contributed by atoms with Crippen molar-refractivity contribution in [2.24, 2.45) is 11.1 Å². The van der Waals surface area contributed by atoms with Crippen LogP contribution >= 0.6 is 11.3 Å². The lowest BCUT2D eigenvalue weighted by Crippen LogP contribution is -2.76. The van der Waals surface area contributed by atoms with Gasteiger partial charge in [-0.1, -0.05) is 17.3 Å². The molecular weight excluding hydrogens is 1070 g/mol. The lowest BCUT2D eigenvalue weighted by Gasteiger charge is -2.50. The van der Waals surface area contributed by atoms with Crippen molar-refractivity contribution in [3.63, 3.8) is 0 Å².